The summed E-state index contributed by atoms with van der Waals surface area (Å²) in [6.45, 7) is 5.44. The SMILES string of the molecule is CCCCCCCCCCCCCOC(CC)[N+](C)(C)C. The van der Waals surface area contributed by atoms with E-state index < -0.39 is 0 Å². The summed E-state index contributed by atoms with van der Waals surface area (Å²) in [5.41, 5.74) is 0. The first-order valence-corrected chi connectivity index (χ1v) is 9.45. The highest BCUT2D eigenvalue weighted by atomic mass is 16.5. The van der Waals surface area contributed by atoms with Gasteiger partial charge in [0.15, 0.2) is 6.23 Å². The van der Waals surface area contributed by atoms with Gasteiger partial charge in [0.1, 0.15) is 0 Å². The van der Waals surface area contributed by atoms with Gasteiger partial charge in [-0.05, 0) is 6.42 Å². The van der Waals surface area contributed by atoms with E-state index in [0.29, 0.717) is 6.23 Å². The van der Waals surface area contributed by atoms with Crippen molar-refractivity contribution in [3.63, 3.8) is 0 Å². The molecule has 0 saturated carbocycles. The van der Waals surface area contributed by atoms with E-state index in [1.165, 1.54) is 70.6 Å². The lowest BCUT2D eigenvalue weighted by atomic mass is 10.1. The maximum Gasteiger partial charge on any atom is 0.192 e. The molecule has 2 nitrogen and oxygen atoms in total. The van der Waals surface area contributed by atoms with Crippen molar-refractivity contribution in [2.45, 2.75) is 97.1 Å². The molecular weight excluding hydrogens is 258 g/mol. The minimum absolute atomic E-state index is 0.355. The van der Waals surface area contributed by atoms with Gasteiger partial charge >= 0.3 is 0 Å². The Labute approximate surface area is 134 Å². The van der Waals surface area contributed by atoms with E-state index >= 15 is 0 Å². The molecule has 0 fully saturated rings. The number of unbranched alkanes of at least 4 members (excludes halogenated alkanes) is 10. The van der Waals surface area contributed by atoms with Crippen LogP contribution in [0.4, 0.5) is 0 Å². The molecule has 0 radical (unpaired) electrons. The second-order valence-corrected chi connectivity index (χ2v) is 7.39. The van der Waals surface area contributed by atoms with Gasteiger partial charge in [0.2, 0.25) is 0 Å². The van der Waals surface area contributed by atoms with Gasteiger partial charge in [-0.1, -0.05) is 78.1 Å². The Morgan fingerprint density at radius 3 is 1.48 bits per heavy atom. The van der Waals surface area contributed by atoms with Crippen LogP contribution in [-0.2, 0) is 4.74 Å². The van der Waals surface area contributed by atoms with E-state index in [9.17, 15) is 0 Å². The van der Waals surface area contributed by atoms with Crippen molar-refractivity contribution in [3.8, 4) is 0 Å². The van der Waals surface area contributed by atoms with Crippen LogP contribution in [0.5, 0.6) is 0 Å². The van der Waals surface area contributed by atoms with E-state index in [1.807, 2.05) is 0 Å². The quantitative estimate of drug-likeness (QED) is 0.212. The van der Waals surface area contributed by atoms with Crippen LogP contribution in [0.3, 0.4) is 0 Å². The topological polar surface area (TPSA) is 9.23 Å². The molecule has 0 aliphatic heterocycles. The third-order valence-corrected chi connectivity index (χ3v) is 4.27. The number of rotatable bonds is 15. The summed E-state index contributed by atoms with van der Waals surface area (Å²) in [7, 11) is 6.65. The monoisotopic (exact) mass is 300 g/mol. The zero-order chi connectivity index (χ0) is 16.0. The molecule has 1 atom stereocenters. The molecule has 0 spiro atoms. The first-order valence-electron chi connectivity index (χ1n) is 9.45. The standard InChI is InChI=1S/C19H42NO/c1-6-8-9-10-11-12-13-14-15-16-17-18-21-19(7-2)20(3,4)5/h19H,6-18H2,1-5H3/q+1. The van der Waals surface area contributed by atoms with Gasteiger partial charge in [0.25, 0.3) is 0 Å². The Kier molecular flexibility index (Phi) is 13.5. The smallest absolute Gasteiger partial charge is 0.192 e. The van der Waals surface area contributed by atoms with Crippen molar-refractivity contribution in [1.82, 2.24) is 0 Å². The highest BCUT2D eigenvalue weighted by Crippen LogP contribution is 2.13. The Bertz CT molecular complexity index is 210. The fraction of sp³-hybridized carbons (Fsp3) is 1.00. The van der Waals surface area contributed by atoms with Gasteiger partial charge in [-0.3, -0.25) is 0 Å². The second-order valence-electron chi connectivity index (χ2n) is 7.39. The number of ether oxygens (including phenoxy) is 1. The summed E-state index contributed by atoms with van der Waals surface area (Å²) in [4.78, 5) is 0. The predicted octanol–water partition coefficient (Wildman–Crippen LogP) is 5.76. The van der Waals surface area contributed by atoms with Crippen LogP contribution in [0.15, 0.2) is 0 Å². The fourth-order valence-electron chi connectivity index (χ4n) is 2.87. The molecule has 2 heteroatoms. The van der Waals surface area contributed by atoms with Gasteiger partial charge in [0, 0.05) is 6.42 Å². The average Bonchev–Trinajstić information content (AvgIpc) is 2.42. The minimum atomic E-state index is 0.355. The molecule has 0 rings (SSSR count). The molecule has 1 unspecified atom stereocenters. The Hall–Kier alpha value is -0.0800. The Morgan fingerprint density at radius 2 is 1.10 bits per heavy atom. The molecule has 0 amide bonds. The maximum atomic E-state index is 6.01. The number of quaternary nitrogens is 1. The van der Waals surface area contributed by atoms with E-state index in [1.54, 1.807) is 0 Å². The third-order valence-electron chi connectivity index (χ3n) is 4.27. The second kappa shape index (κ2) is 13.6. The molecular formula is C19H42NO+. The Morgan fingerprint density at radius 1 is 0.667 bits per heavy atom. The van der Waals surface area contributed by atoms with E-state index in [4.69, 9.17) is 4.74 Å². The van der Waals surface area contributed by atoms with Crippen LogP contribution in [0.2, 0.25) is 0 Å². The number of hydrogen-bond donors (Lipinski definition) is 0. The summed E-state index contributed by atoms with van der Waals surface area (Å²) in [6.07, 6.45) is 16.8. The van der Waals surface area contributed by atoms with Crippen molar-refractivity contribution in [1.29, 1.82) is 0 Å². The van der Waals surface area contributed by atoms with Gasteiger partial charge in [-0.25, -0.2) is 0 Å². The lowest BCUT2D eigenvalue weighted by Crippen LogP contribution is -2.46. The van der Waals surface area contributed by atoms with Gasteiger partial charge in [-0.15, -0.1) is 0 Å². The van der Waals surface area contributed by atoms with Crippen LogP contribution in [0.25, 0.3) is 0 Å². The highest BCUT2D eigenvalue weighted by Gasteiger charge is 2.21. The van der Waals surface area contributed by atoms with E-state index in [-0.39, 0.29) is 0 Å². The van der Waals surface area contributed by atoms with Crippen molar-refractivity contribution >= 4 is 0 Å². The van der Waals surface area contributed by atoms with Crippen LogP contribution in [0, 0.1) is 0 Å². The Balaban J connectivity index is 3.26. The molecule has 0 bridgehead atoms. The minimum Gasteiger partial charge on any atom is -0.329 e. The first kappa shape index (κ1) is 20.9. The molecule has 0 aromatic heterocycles. The lowest BCUT2D eigenvalue weighted by molar-refractivity contribution is -0.920. The van der Waals surface area contributed by atoms with Crippen molar-refractivity contribution < 1.29 is 9.22 Å². The average molecular weight is 301 g/mol. The summed E-state index contributed by atoms with van der Waals surface area (Å²) >= 11 is 0. The molecule has 0 aromatic rings. The molecule has 0 N–H and O–H groups in total. The number of hydrogen-bond acceptors (Lipinski definition) is 1. The highest BCUT2D eigenvalue weighted by molar-refractivity contribution is 4.48. The first-order chi connectivity index (χ1) is 10.0. The molecule has 21 heavy (non-hydrogen) atoms. The van der Waals surface area contributed by atoms with Gasteiger partial charge < -0.3 is 9.22 Å². The molecule has 0 aromatic carbocycles. The molecule has 128 valence electrons. The van der Waals surface area contributed by atoms with Crippen LogP contribution in [-0.4, -0.2) is 38.5 Å². The van der Waals surface area contributed by atoms with Crippen molar-refractivity contribution in [2.75, 3.05) is 27.7 Å². The van der Waals surface area contributed by atoms with Gasteiger partial charge in [0.05, 0.1) is 27.7 Å². The van der Waals surface area contributed by atoms with E-state index in [2.05, 4.69) is 35.0 Å². The summed E-state index contributed by atoms with van der Waals surface area (Å²) in [5.74, 6) is 0. The summed E-state index contributed by atoms with van der Waals surface area (Å²) in [6, 6.07) is 0. The van der Waals surface area contributed by atoms with Crippen LogP contribution >= 0.6 is 0 Å². The number of nitrogens with zero attached hydrogens (tertiary/aromatic N) is 1. The molecule has 0 aliphatic carbocycles. The van der Waals surface area contributed by atoms with E-state index in [0.717, 1.165) is 17.5 Å². The summed E-state index contributed by atoms with van der Waals surface area (Å²) < 4.78 is 6.92. The van der Waals surface area contributed by atoms with Crippen LogP contribution < -0.4 is 0 Å². The molecule has 0 heterocycles. The maximum absolute atomic E-state index is 6.01. The summed E-state index contributed by atoms with van der Waals surface area (Å²) in [5, 5.41) is 0. The van der Waals surface area contributed by atoms with Crippen LogP contribution in [0.1, 0.15) is 90.9 Å². The fourth-order valence-corrected chi connectivity index (χ4v) is 2.87. The zero-order valence-corrected chi connectivity index (χ0v) is 15.6. The van der Waals surface area contributed by atoms with Gasteiger partial charge in [-0.2, -0.15) is 0 Å². The normalized spacial score (nSPS) is 13.6. The van der Waals surface area contributed by atoms with Crippen molar-refractivity contribution in [2.24, 2.45) is 0 Å². The third kappa shape index (κ3) is 13.3. The zero-order valence-electron chi connectivity index (χ0n) is 15.6. The largest absolute Gasteiger partial charge is 0.329 e. The lowest BCUT2D eigenvalue weighted by Gasteiger charge is -2.33. The van der Waals surface area contributed by atoms with Crippen molar-refractivity contribution in [3.05, 3.63) is 0 Å². The predicted molar refractivity (Wildman–Crippen MR) is 94.5 cm³/mol. The molecule has 0 saturated heterocycles. The molecule has 0 aliphatic rings.